The Morgan fingerprint density at radius 2 is 1.96 bits per heavy atom. The van der Waals surface area contributed by atoms with Crippen molar-refractivity contribution in [2.45, 2.75) is 24.8 Å². The number of rotatable bonds is 5. The molecule has 0 fully saturated rings. The number of aromatic amines is 1. The third-order valence-electron chi connectivity index (χ3n) is 4.80. The number of benzene rings is 2. The zero-order chi connectivity index (χ0) is 19.7. The molecule has 1 aromatic heterocycles. The summed E-state index contributed by atoms with van der Waals surface area (Å²) >= 11 is 1.51. The van der Waals surface area contributed by atoms with Crippen LogP contribution in [0.15, 0.2) is 53.4 Å². The zero-order valence-electron chi connectivity index (χ0n) is 15.8. The fourth-order valence-electron chi connectivity index (χ4n) is 3.36. The molecule has 0 bridgehead atoms. The molecule has 4 rings (SSSR count). The molecule has 3 aromatic rings. The first kappa shape index (κ1) is 18.6. The lowest BCUT2D eigenvalue weighted by atomic mass is 10.0. The molecule has 0 radical (unpaired) electrons. The average Bonchev–Trinajstić information content (AvgIpc) is 3.12. The Balaban J connectivity index is 1.53. The maximum Gasteiger partial charge on any atom is 0.240 e. The van der Waals surface area contributed by atoms with E-state index >= 15 is 0 Å². The van der Waals surface area contributed by atoms with Crippen molar-refractivity contribution in [3.8, 4) is 0 Å². The predicted octanol–water partition coefficient (Wildman–Crippen LogP) is 3.52. The van der Waals surface area contributed by atoms with Gasteiger partial charge in [0, 0.05) is 4.90 Å². The minimum atomic E-state index is -0.260. The van der Waals surface area contributed by atoms with Crippen molar-refractivity contribution in [1.82, 2.24) is 15.3 Å². The highest BCUT2D eigenvalue weighted by atomic mass is 32.2. The number of para-hydroxylation sites is 3. The first-order valence-corrected chi connectivity index (χ1v) is 10.3. The quantitative estimate of drug-likeness (QED) is 0.694. The highest BCUT2D eigenvalue weighted by molar-refractivity contribution is 8.00. The molecule has 0 aliphatic carbocycles. The third kappa shape index (κ3) is 3.62. The van der Waals surface area contributed by atoms with E-state index in [0.717, 1.165) is 27.4 Å². The summed E-state index contributed by atoms with van der Waals surface area (Å²) in [4.78, 5) is 35.7. The molecule has 2 aromatic carbocycles. The van der Waals surface area contributed by atoms with Gasteiger partial charge >= 0.3 is 0 Å². The fraction of sp³-hybridized carbons (Fsp3) is 0.286. The highest BCUT2D eigenvalue weighted by Crippen LogP contribution is 2.34. The van der Waals surface area contributed by atoms with Crippen LogP contribution in [-0.4, -0.2) is 34.1 Å². The summed E-state index contributed by atoms with van der Waals surface area (Å²) in [5.74, 6) is 0.967. The topological polar surface area (TPSA) is 78.1 Å². The van der Waals surface area contributed by atoms with E-state index in [1.165, 1.54) is 11.8 Å². The summed E-state index contributed by atoms with van der Waals surface area (Å²) in [6, 6.07) is 15.2. The van der Waals surface area contributed by atoms with Gasteiger partial charge in [0.05, 0.1) is 28.5 Å². The standard InChI is InChI=1S/C21H22N4O2S/c1-13(2)20(21-22-14-7-3-4-8-15(14)23-21)24-18(26)11-25-16-9-5-6-10-17(16)28-12-19(25)27/h3-10,13,20H,11-12H2,1-2H3,(H,22,23)(H,24,26). The molecule has 0 saturated heterocycles. The Bertz CT molecular complexity index is 997. The van der Waals surface area contributed by atoms with Crippen LogP contribution in [0.5, 0.6) is 0 Å². The van der Waals surface area contributed by atoms with Gasteiger partial charge in [-0.3, -0.25) is 9.59 Å². The van der Waals surface area contributed by atoms with Crippen LogP contribution in [0.1, 0.15) is 25.7 Å². The van der Waals surface area contributed by atoms with Crippen LogP contribution in [0.2, 0.25) is 0 Å². The smallest absolute Gasteiger partial charge is 0.240 e. The summed E-state index contributed by atoms with van der Waals surface area (Å²) in [6.07, 6.45) is 0. The number of imidazole rings is 1. The number of nitrogens with zero attached hydrogens (tertiary/aromatic N) is 2. The van der Waals surface area contributed by atoms with Crippen molar-refractivity contribution in [2.75, 3.05) is 17.2 Å². The Labute approximate surface area is 167 Å². The maximum atomic E-state index is 12.8. The van der Waals surface area contributed by atoms with Gasteiger partial charge < -0.3 is 15.2 Å². The molecule has 144 valence electrons. The van der Waals surface area contributed by atoms with E-state index in [0.29, 0.717) is 5.75 Å². The summed E-state index contributed by atoms with van der Waals surface area (Å²) < 4.78 is 0. The van der Waals surface area contributed by atoms with Crippen molar-refractivity contribution in [3.63, 3.8) is 0 Å². The number of carbonyl (C=O) groups is 2. The predicted molar refractivity (Wildman–Crippen MR) is 111 cm³/mol. The first-order valence-electron chi connectivity index (χ1n) is 9.29. The molecule has 1 unspecified atom stereocenters. The van der Waals surface area contributed by atoms with Crippen LogP contribution in [0.3, 0.4) is 0 Å². The molecule has 2 heterocycles. The first-order chi connectivity index (χ1) is 13.5. The number of thioether (sulfide) groups is 1. The van der Waals surface area contributed by atoms with Crippen LogP contribution in [0.25, 0.3) is 11.0 Å². The van der Waals surface area contributed by atoms with Crippen molar-refractivity contribution in [3.05, 3.63) is 54.4 Å². The van der Waals surface area contributed by atoms with Crippen molar-refractivity contribution in [2.24, 2.45) is 5.92 Å². The number of anilines is 1. The van der Waals surface area contributed by atoms with Gasteiger partial charge in [-0.25, -0.2) is 4.98 Å². The Morgan fingerprint density at radius 1 is 1.21 bits per heavy atom. The number of amides is 2. The second-order valence-corrected chi connectivity index (χ2v) is 8.18. The molecule has 7 heteroatoms. The zero-order valence-corrected chi connectivity index (χ0v) is 16.6. The van der Waals surface area contributed by atoms with Gasteiger partial charge in [-0.05, 0) is 30.2 Å². The molecule has 1 aliphatic heterocycles. The Morgan fingerprint density at radius 3 is 2.75 bits per heavy atom. The number of fused-ring (bicyclic) bond motifs is 2. The van der Waals surface area contributed by atoms with Crippen LogP contribution in [0.4, 0.5) is 5.69 Å². The normalized spacial score (nSPS) is 15.0. The molecule has 2 amide bonds. The fourth-order valence-corrected chi connectivity index (χ4v) is 4.30. The molecular weight excluding hydrogens is 372 g/mol. The van der Waals surface area contributed by atoms with Crippen LogP contribution in [-0.2, 0) is 9.59 Å². The van der Waals surface area contributed by atoms with E-state index < -0.39 is 0 Å². The minimum Gasteiger partial charge on any atom is -0.344 e. The number of H-pyrrole nitrogens is 1. The molecule has 0 saturated carbocycles. The minimum absolute atomic E-state index is 0.000144. The van der Waals surface area contributed by atoms with E-state index in [1.54, 1.807) is 4.90 Å². The SMILES string of the molecule is CC(C)C(NC(=O)CN1C(=O)CSc2ccccc21)c1nc2ccccc2[nH]1. The van der Waals surface area contributed by atoms with Crippen molar-refractivity contribution in [1.29, 1.82) is 0 Å². The van der Waals surface area contributed by atoms with Crippen LogP contribution in [0, 0.1) is 5.92 Å². The summed E-state index contributed by atoms with van der Waals surface area (Å²) in [5, 5.41) is 3.06. The van der Waals surface area contributed by atoms with Gasteiger partial charge in [0.15, 0.2) is 0 Å². The number of hydrogen-bond acceptors (Lipinski definition) is 4. The van der Waals surface area contributed by atoms with E-state index in [9.17, 15) is 9.59 Å². The monoisotopic (exact) mass is 394 g/mol. The summed E-state index contributed by atoms with van der Waals surface area (Å²) in [7, 11) is 0. The molecule has 28 heavy (non-hydrogen) atoms. The highest BCUT2D eigenvalue weighted by Gasteiger charge is 2.28. The Kier molecular flexibility index (Phi) is 5.09. The molecule has 6 nitrogen and oxygen atoms in total. The average molecular weight is 395 g/mol. The van der Waals surface area contributed by atoms with Crippen molar-refractivity contribution < 1.29 is 9.59 Å². The second-order valence-electron chi connectivity index (χ2n) is 7.16. The van der Waals surface area contributed by atoms with Crippen LogP contribution < -0.4 is 10.2 Å². The van der Waals surface area contributed by atoms with E-state index in [-0.39, 0.29) is 30.3 Å². The molecule has 1 aliphatic rings. The molecular formula is C21H22N4O2S. The van der Waals surface area contributed by atoms with Crippen LogP contribution >= 0.6 is 11.8 Å². The largest absolute Gasteiger partial charge is 0.344 e. The lowest BCUT2D eigenvalue weighted by Crippen LogP contribution is -2.45. The summed E-state index contributed by atoms with van der Waals surface area (Å²) in [5.41, 5.74) is 2.60. The third-order valence-corrected chi connectivity index (χ3v) is 5.84. The molecule has 1 atom stereocenters. The maximum absolute atomic E-state index is 12.8. The van der Waals surface area contributed by atoms with E-state index in [4.69, 9.17) is 0 Å². The Hall–Kier alpha value is -2.80. The van der Waals surface area contributed by atoms with Gasteiger partial charge in [0.1, 0.15) is 12.4 Å². The number of aromatic nitrogens is 2. The van der Waals surface area contributed by atoms with E-state index in [1.807, 2.05) is 62.4 Å². The molecule has 2 N–H and O–H groups in total. The molecule has 0 spiro atoms. The number of carbonyl (C=O) groups excluding carboxylic acids is 2. The number of hydrogen-bond donors (Lipinski definition) is 2. The van der Waals surface area contributed by atoms with Gasteiger partial charge in [0.25, 0.3) is 0 Å². The lowest BCUT2D eigenvalue weighted by molar-refractivity contribution is -0.123. The second kappa shape index (κ2) is 7.67. The van der Waals surface area contributed by atoms with Gasteiger partial charge in [-0.1, -0.05) is 38.1 Å². The number of nitrogens with one attached hydrogen (secondary N) is 2. The van der Waals surface area contributed by atoms with Crippen molar-refractivity contribution >= 4 is 40.3 Å². The van der Waals surface area contributed by atoms with Gasteiger partial charge in [-0.15, -0.1) is 11.8 Å². The lowest BCUT2D eigenvalue weighted by Gasteiger charge is -2.29. The summed E-state index contributed by atoms with van der Waals surface area (Å²) in [6.45, 7) is 4.08. The van der Waals surface area contributed by atoms with Gasteiger partial charge in [0.2, 0.25) is 11.8 Å². The van der Waals surface area contributed by atoms with E-state index in [2.05, 4.69) is 15.3 Å². The van der Waals surface area contributed by atoms with Gasteiger partial charge in [-0.2, -0.15) is 0 Å².